The summed E-state index contributed by atoms with van der Waals surface area (Å²) in [6.45, 7) is 1.69. The van der Waals surface area contributed by atoms with E-state index in [1.807, 2.05) is 0 Å². The van der Waals surface area contributed by atoms with E-state index in [0.29, 0.717) is 22.4 Å². The highest BCUT2D eigenvalue weighted by Crippen LogP contribution is 2.41. The van der Waals surface area contributed by atoms with Gasteiger partial charge < -0.3 is 4.74 Å². The van der Waals surface area contributed by atoms with Gasteiger partial charge in [-0.15, -0.1) is 12.4 Å². The summed E-state index contributed by atoms with van der Waals surface area (Å²) >= 11 is 0. The fraction of sp³-hybridized carbons (Fsp3) is 0.0968. The SMILES string of the molecule is Cc1cccc(COc2cccc(C(F)(F)F)c2-c2nc(-c3ccc(C#Cc4ccc(F)cc4)cc3)nc(=O)[nH]2)n1.Cl. The van der Waals surface area contributed by atoms with Crippen LogP contribution >= 0.6 is 12.4 Å². The van der Waals surface area contributed by atoms with Crippen LogP contribution in [0.1, 0.15) is 28.1 Å². The van der Waals surface area contributed by atoms with Gasteiger partial charge in [0.1, 0.15) is 24.0 Å². The number of aromatic amines is 1. The lowest BCUT2D eigenvalue weighted by atomic mass is 10.0. The summed E-state index contributed by atoms with van der Waals surface area (Å²) in [6, 6.07) is 21.0. The molecule has 0 fully saturated rings. The molecule has 0 spiro atoms. The number of H-pyrrole nitrogens is 1. The van der Waals surface area contributed by atoms with Crippen LogP contribution in [0, 0.1) is 24.6 Å². The van der Waals surface area contributed by atoms with E-state index in [1.54, 1.807) is 61.5 Å². The van der Waals surface area contributed by atoms with E-state index >= 15 is 0 Å². The minimum absolute atomic E-state index is 0. The number of aryl methyl sites for hydroxylation is 1. The van der Waals surface area contributed by atoms with Crippen LogP contribution in [-0.2, 0) is 12.8 Å². The molecule has 0 bridgehead atoms. The van der Waals surface area contributed by atoms with Crippen LogP contribution < -0.4 is 10.4 Å². The van der Waals surface area contributed by atoms with Crippen LogP contribution in [-0.4, -0.2) is 19.9 Å². The number of ether oxygens (including phenoxy) is 1. The molecule has 2 aromatic heterocycles. The van der Waals surface area contributed by atoms with Gasteiger partial charge in [-0.2, -0.15) is 18.2 Å². The standard InChI is InChI=1S/C31H20F4N4O2.ClH/c1-19-4-2-5-24(36-19)18-41-26-7-3-6-25(31(33,34)35)27(26)29-37-28(38-30(40)39-29)22-14-10-20(11-15-22)8-9-21-12-16-23(32)17-13-21;/h2-7,10-17H,18H2,1H3,(H,37,38,39,40);1H. The van der Waals surface area contributed by atoms with Crippen molar-refractivity contribution in [1.82, 2.24) is 19.9 Å². The largest absolute Gasteiger partial charge is 0.487 e. The minimum atomic E-state index is -4.76. The van der Waals surface area contributed by atoms with Gasteiger partial charge in [0.15, 0.2) is 5.82 Å². The maximum Gasteiger partial charge on any atom is 0.417 e. The molecule has 5 rings (SSSR count). The highest BCUT2D eigenvalue weighted by atomic mass is 35.5. The molecule has 0 saturated carbocycles. The molecule has 6 nitrogen and oxygen atoms in total. The van der Waals surface area contributed by atoms with Crippen LogP contribution in [0.2, 0.25) is 0 Å². The Hall–Kier alpha value is -5.01. The van der Waals surface area contributed by atoms with Crippen LogP contribution in [0.25, 0.3) is 22.8 Å². The molecule has 42 heavy (non-hydrogen) atoms. The van der Waals surface area contributed by atoms with Gasteiger partial charge in [0.05, 0.1) is 16.8 Å². The molecule has 0 aliphatic carbocycles. The Labute approximate surface area is 243 Å². The fourth-order valence-electron chi connectivity index (χ4n) is 3.98. The van der Waals surface area contributed by atoms with Gasteiger partial charge in [-0.05, 0) is 79.7 Å². The first-order valence-electron chi connectivity index (χ1n) is 12.3. The second-order valence-corrected chi connectivity index (χ2v) is 8.90. The van der Waals surface area contributed by atoms with Gasteiger partial charge in [-0.25, -0.2) is 14.2 Å². The zero-order valence-corrected chi connectivity index (χ0v) is 22.7. The van der Waals surface area contributed by atoms with Gasteiger partial charge in [0.2, 0.25) is 0 Å². The fourth-order valence-corrected chi connectivity index (χ4v) is 3.98. The lowest BCUT2D eigenvalue weighted by Gasteiger charge is -2.17. The topological polar surface area (TPSA) is 80.8 Å². The summed E-state index contributed by atoms with van der Waals surface area (Å²) in [7, 11) is 0. The number of nitrogens with one attached hydrogen (secondary N) is 1. The number of benzene rings is 3. The third kappa shape index (κ3) is 7.19. The third-order valence-electron chi connectivity index (χ3n) is 5.88. The van der Waals surface area contributed by atoms with E-state index in [-0.39, 0.29) is 42.2 Å². The van der Waals surface area contributed by atoms with Crippen LogP contribution in [0.5, 0.6) is 5.75 Å². The van der Waals surface area contributed by atoms with Crippen molar-refractivity contribution >= 4 is 12.4 Å². The zero-order valence-electron chi connectivity index (χ0n) is 21.9. The molecular weight excluding hydrogens is 572 g/mol. The van der Waals surface area contributed by atoms with Crippen molar-refractivity contribution in [3.63, 3.8) is 0 Å². The highest BCUT2D eigenvalue weighted by molar-refractivity contribution is 5.85. The van der Waals surface area contributed by atoms with E-state index in [0.717, 1.165) is 11.8 Å². The minimum Gasteiger partial charge on any atom is -0.487 e. The van der Waals surface area contributed by atoms with Crippen molar-refractivity contribution in [3.05, 3.63) is 129 Å². The van der Waals surface area contributed by atoms with E-state index in [4.69, 9.17) is 4.74 Å². The molecule has 1 N–H and O–H groups in total. The summed E-state index contributed by atoms with van der Waals surface area (Å²) in [5.41, 5.74) is 0.548. The third-order valence-corrected chi connectivity index (χ3v) is 5.88. The Morgan fingerprint density at radius 3 is 2.12 bits per heavy atom. The lowest BCUT2D eigenvalue weighted by Crippen LogP contribution is -2.17. The lowest BCUT2D eigenvalue weighted by molar-refractivity contribution is -0.137. The molecular formula is C31H21ClF4N4O2. The van der Waals surface area contributed by atoms with Gasteiger partial charge in [-0.1, -0.05) is 24.0 Å². The molecule has 5 aromatic rings. The molecule has 0 aliphatic rings. The van der Waals surface area contributed by atoms with Crippen molar-refractivity contribution in [2.24, 2.45) is 0 Å². The Kier molecular flexibility index (Phi) is 9.03. The summed E-state index contributed by atoms with van der Waals surface area (Å²) in [5, 5.41) is 0. The molecule has 0 amide bonds. The molecule has 0 aliphatic heterocycles. The summed E-state index contributed by atoms with van der Waals surface area (Å²) in [5.74, 6) is 4.94. The highest BCUT2D eigenvalue weighted by Gasteiger charge is 2.36. The normalized spacial score (nSPS) is 10.8. The molecule has 0 atom stereocenters. The van der Waals surface area contributed by atoms with E-state index in [1.165, 1.54) is 24.3 Å². The predicted octanol–water partition coefficient (Wildman–Crippen LogP) is 6.76. The van der Waals surface area contributed by atoms with Crippen molar-refractivity contribution in [3.8, 4) is 40.4 Å². The van der Waals surface area contributed by atoms with Gasteiger partial charge >= 0.3 is 11.9 Å². The Balaban J connectivity index is 0.00000405. The van der Waals surface area contributed by atoms with Crippen LogP contribution in [0.15, 0.2) is 89.7 Å². The quantitative estimate of drug-likeness (QED) is 0.180. The molecule has 212 valence electrons. The first-order valence-corrected chi connectivity index (χ1v) is 12.3. The Bertz CT molecular complexity index is 1830. The summed E-state index contributed by atoms with van der Waals surface area (Å²) in [4.78, 5) is 27.3. The average Bonchev–Trinajstić information content (AvgIpc) is 2.95. The predicted molar refractivity (Wildman–Crippen MR) is 151 cm³/mol. The smallest absolute Gasteiger partial charge is 0.417 e. The van der Waals surface area contributed by atoms with Gasteiger partial charge in [-0.3, -0.25) is 9.97 Å². The second-order valence-electron chi connectivity index (χ2n) is 8.90. The molecule has 2 heterocycles. The van der Waals surface area contributed by atoms with Crippen LogP contribution in [0.4, 0.5) is 17.6 Å². The van der Waals surface area contributed by atoms with E-state index < -0.39 is 23.0 Å². The number of alkyl halides is 3. The average molecular weight is 593 g/mol. The van der Waals surface area contributed by atoms with Crippen LogP contribution in [0.3, 0.4) is 0 Å². The number of halogens is 5. The maximum atomic E-state index is 14.1. The molecule has 0 saturated heterocycles. The molecule has 0 radical (unpaired) electrons. The second kappa shape index (κ2) is 12.7. The number of pyridine rings is 1. The first kappa shape index (κ1) is 30.0. The summed E-state index contributed by atoms with van der Waals surface area (Å²) < 4.78 is 61.1. The number of aromatic nitrogens is 4. The number of hydrogen-bond acceptors (Lipinski definition) is 5. The number of nitrogens with zero attached hydrogens (tertiary/aromatic N) is 3. The van der Waals surface area contributed by atoms with Gasteiger partial charge in [0, 0.05) is 22.4 Å². The Morgan fingerprint density at radius 2 is 1.48 bits per heavy atom. The number of hydrogen-bond donors (Lipinski definition) is 1. The molecule has 0 unspecified atom stereocenters. The number of rotatable bonds is 5. The van der Waals surface area contributed by atoms with E-state index in [2.05, 4.69) is 31.8 Å². The van der Waals surface area contributed by atoms with Crippen molar-refractivity contribution in [1.29, 1.82) is 0 Å². The molecule has 3 aromatic carbocycles. The summed E-state index contributed by atoms with van der Waals surface area (Å²) in [6.07, 6.45) is -4.76. The Morgan fingerprint density at radius 1 is 0.833 bits per heavy atom. The first-order chi connectivity index (χ1) is 19.7. The molecule has 11 heteroatoms. The maximum absolute atomic E-state index is 14.1. The van der Waals surface area contributed by atoms with Crippen molar-refractivity contribution in [2.75, 3.05) is 0 Å². The van der Waals surface area contributed by atoms with Crippen molar-refractivity contribution < 1.29 is 22.3 Å². The van der Waals surface area contributed by atoms with Crippen molar-refractivity contribution in [2.45, 2.75) is 19.7 Å². The monoisotopic (exact) mass is 592 g/mol. The van der Waals surface area contributed by atoms with Gasteiger partial charge in [0.25, 0.3) is 0 Å². The zero-order chi connectivity index (χ0) is 29.0. The van der Waals surface area contributed by atoms with E-state index in [9.17, 15) is 22.4 Å².